The quantitative estimate of drug-likeness (QED) is 0.766. The number of carbonyl (C=O) groups is 3. The van der Waals surface area contributed by atoms with E-state index in [1.165, 1.54) is 0 Å². The number of ether oxygens (including phenoxy) is 1. The van der Waals surface area contributed by atoms with Crippen molar-refractivity contribution in [2.75, 3.05) is 26.3 Å². The smallest absolute Gasteiger partial charge is 0.326 e. The first-order valence-electron chi connectivity index (χ1n) is 8.96. The van der Waals surface area contributed by atoms with Crippen molar-refractivity contribution >= 4 is 17.8 Å². The SMILES string of the molecule is O=C(NC(C(=O)O)C1CCCOC1)C1CCCN(C(=O)C2CC2)C1. The molecule has 0 aromatic heterocycles. The summed E-state index contributed by atoms with van der Waals surface area (Å²) in [5.74, 6) is -1.46. The Balaban J connectivity index is 1.57. The first kappa shape index (κ1) is 17.2. The summed E-state index contributed by atoms with van der Waals surface area (Å²) in [6.07, 6.45) is 4.96. The number of aliphatic carboxylic acids is 1. The Hall–Kier alpha value is -1.63. The van der Waals surface area contributed by atoms with Crippen molar-refractivity contribution in [3.8, 4) is 0 Å². The number of nitrogens with one attached hydrogen (secondary N) is 1. The molecule has 1 saturated carbocycles. The molecular weight excluding hydrogens is 312 g/mol. The summed E-state index contributed by atoms with van der Waals surface area (Å²) in [5, 5.41) is 12.2. The van der Waals surface area contributed by atoms with Gasteiger partial charge in [-0.3, -0.25) is 9.59 Å². The van der Waals surface area contributed by atoms with E-state index in [-0.39, 0.29) is 29.6 Å². The Morgan fingerprint density at radius 3 is 2.50 bits per heavy atom. The number of carboxylic acids is 1. The van der Waals surface area contributed by atoms with Crippen LogP contribution in [0.1, 0.15) is 38.5 Å². The molecule has 0 bridgehead atoms. The lowest BCUT2D eigenvalue weighted by Gasteiger charge is -2.34. The molecule has 3 aliphatic rings. The maximum absolute atomic E-state index is 12.6. The molecule has 2 aliphatic heterocycles. The number of nitrogens with zero attached hydrogens (tertiary/aromatic N) is 1. The number of carbonyl (C=O) groups excluding carboxylic acids is 2. The molecule has 1 aliphatic carbocycles. The van der Waals surface area contributed by atoms with Crippen LogP contribution in [0.5, 0.6) is 0 Å². The van der Waals surface area contributed by atoms with E-state index in [1.54, 1.807) is 4.90 Å². The highest BCUT2D eigenvalue weighted by Crippen LogP contribution is 2.32. The average molecular weight is 338 g/mol. The summed E-state index contributed by atoms with van der Waals surface area (Å²) in [4.78, 5) is 38.1. The molecule has 2 amide bonds. The van der Waals surface area contributed by atoms with Crippen LogP contribution >= 0.6 is 0 Å². The van der Waals surface area contributed by atoms with Gasteiger partial charge < -0.3 is 20.1 Å². The van der Waals surface area contributed by atoms with Crippen molar-refractivity contribution in [1.29, 1.82) is 0 Å². The molecule has 3 unspecified atom stereocenters. The lowest BCUT2D eigenvalue weighted by molar-refractivity contribution is -0.147. The molecule has 2 heterocycles. The Morgan fingerprint density at radius 1 is 1.08 bits per heavy atom. The Bertz CT molecular complexity index is 499. The molecule has 3 atom stereocenters. The van der Waals surface area contributed by atoms with Crippen molar-refractivity contribution in [2.24, 2.45) is 17.8 Å². The van der Waals surface area contributed by atoms with Crippen molar-refractivity contribution in [2.45, 2.75) is 44.6 Å². The van der Waals surface area contributed by atoms with Crippen LogP contribution in [0.4, 0.5) is 0 Å². The Kier molecular flexibility index (Phi) is 5.38. The molecule has 7 heteroatoms. The number of likely N-dealkylation sites (tertiary alicyclic amines) is 1. The standard InChI is InChI=1S/C17H26N2O5/c20-15(18-14(17(22)23)13-4-2-8-24-10-13)12-3-1-7-19(9-12)16(21)11-5-6-11/h11-14H,1-10H2,(H,18,20)(H,22,23). The zero-order valence-corrected chi connectivity index (χ0v) is 13.9. The minimum Gasteiger partial charge on any atom is -0.480 e. The Labute approximate surface area is 141 Å². The molecule has 3 fully saturated rings. The second kappa shape index (κ2) is 7.51. The third-order valence-electron chi connectivity index (χ3n) is 5.26. The Morgan fingerprint density at radius 2 is 1.88 bits per heavy atom. The summed E-state index contributed by atoms with van der Waals surface area (Å²) in [6.45, 7) is 2.14. The molecule has 0 aromatic rings. The molecule has 2 N–H and O–H groups in total. The van der Waals surface area contributed by atoms with Gasteiger partial charge in [-0.05, 0) is 38.5 Å². The van der Waals surface area contributed by atoms with Gasteiger partial charge in [0.05, 0.1) is 12.5 Å². The highest BCUT2D eigenvalue weighted by Gasteiger charge is 2.38. The number of hydrogen-bond donors (Lipinski definition) is 2. The van der Waals surface area contributed by atoms with Gasteiger partial charge >= 0.3 is 5.97 Å². The van der Waals surface area contributed by atoms with Gasteiger partial charge in [0.2, 0.25) is 11.8 Å². The predicted octanol–water partition coefficient (Wildman–Crippen LogP) is 0.631. The van der Waals surface area contributed by atoms with E-state index in [0.717, 1.165) is 32.1 Å². The van der Waals surface area contributed by atoms with Gasteiger partial charge in [0.15, 0.2) is 0 Å². The second-order valence-electron chi connectivity index (χ2n) is 7.20. The van der Waals surface area contributed by atoms with E-state index < -0.39 is 12.0 Å². The van der Waals surface area contributed by atoms with Gasteiger partial charge in [-0.25, -0.2) is 4.79 Å². The fourth-order valence-electron chi connectivity index (χ4n) is 3.66. The molecule has 0 radical (unpaired) electrons. The second-order valence-corrected chi connectivity index (χ2v) is 7.20. The molecule has 24 heavy (non-hydrogen) atoms. The summed E-state index contributed by atoms with van der Waals surface area (Å²) in [7, 11) is 0. The number of hydrogen-bond acceptors (Lipinski definition) is 4. The fraction of sp³-hybridized carbons (Fsp3) is 0.824. The van der Waals surface area contributed by atoms with Gasteiger partial charge in [-0.15, -0.1) is 0 Å². The lowest BCUT2D eigenvalue weighted by atomic mass is 9.91. The summed E-state index contributed by atoms with van der Waals surface area (Å²) in [5.41, 5.74) is 0. The van der Waals surface area contributed by atoms with Crippen LogP contribution in [-0.2, 0) is 19.1 Å². The fourth-order valence-corrected chi connectivity index (χ4v) is 3.66. The van der Waals surface area contributed by atoms with Crippen LogP contribution in [0.3, 0.4) is 0 Å². The van der Waals surface area contributed by atoms with Gasteiger partial charge in [-0.2, -0.15) is 0 Å². The summed E-state index contributed by atoms with van der Waals surface area (Å²) >= 11 is 0. The molecule has 7 nitrogen and oxygen atoms in total. The topological polar surface area (TPSA) is 95.9 Å². The molecular formula is C17H26N2O5. The van der Waals surface area contributed by atoms with Gasteiger partial charge in [0.1, 0.15) is 6.04 Å². The highest BCUT2D eigenvalue weighted by molar-refractivity contribution is 5.86. The molecule has 134 valence electrons. The number of carboxylic acid groups (broad SMARTS) is 1. The molecule has 3 rings (SSSR count). The van der Waals surface area contributed by atoms with E-state index >= 15 is 0 Å². The van der Waals surface area contributed by atoms with E-state index in [2.05, 4.69) is 5.32 Å². The normalized spacial score (nSPS) is 28.9. The van der Waals surface area contributed by atoms with Crippen LogP contribution in [0.15, 0.2) is 0 Å². The number of rotatable bonds is 5. The van der Waals surface area contributed by atoms with Crippen LogP contribution in [-0.4, -0.2) is 60.1 Å². The largest absolute Gasteiger partial charge is 0.480 e. The highest BCUT2D eigenvalue weighted by atomic mass is 16.5. The zero-order valence-electron chi connectivity index (χ0n) is 13.9. The van der Waals surface area contributed by atoms with E-state index in [4.69, 9.17) is 4.74 Å². The molecule has 0 spiro atoms. The maximum atomic E-state index is 12.6. The zero-order chi connectivity index (χ0) is 17.1. The van der Waals surface area contributed by atoms with Gasteiger partial charge in [0.25, 0.3) is 0 Å². The van der Waals surface area contributed by atoms with E-state index in [0.29, 0.717) is 32.7 Å². The number of piperidine rings is 1. The lowest BCUT2D eigenvalue weighted by Crippen LogP contribution is -2.53. The summed E-state index contributed by atoms with van der Waals surface area (Å²) < 4.78 is 5.35. The van der Waals surface area contributed by atoms with Crippen LogP contribution < -0.4 is 5.32 Å². The molecule has 2 saturated heterocycles. The van der Waals surface area contributed by atoms with Crippen LogP contribution in [0.2, 0.25) is 0 Å². The van der Waals surface area contributed by atoms with Crippen molar-refractivity contribution in [3.63, 3.8) is 0 Å². The van der Waals surface area contributed by atoms with E-state index in [9.17, 15) is 19.5 Å². The predicted molar refractivity (Wildman–Crippen MR) is 85.1 cm³/mol. The molecule has 0 aromatic carbocycles. The van der Waals surface area contributed by atoms with Gasteiger partial charge in [0, 0.05) is 31.5 Å². The van der Waals surface area contributed by atoms with Crippen LogP contribution in [0, 0.1) is 17.8 Å². The van der Waals surface area contributed by atoms with E-state index in [1.807, 2.05) is 0 Å². The third-order valence-corrected chi connectivity index (χ3v) is 5.26. The minimum atomic E-state index is -1.01. The first-order chi connectivity index (χ1) is 11.6. The van der Waals surface area contributed by atoms with Crippen molar-refractivity contribution in [3.05, 3.63) is 0 Å². The third kappa shape index (κ3) is 4.06. The average Bonchev–Trinajstić information content (AvgIpc) is 3.44. The first-order valence-corrected chi connectivity index (χ1v) is 8.96. The van der Waals surface area contributed by atoms with Gasteiger partial charge in [-0.1, -0.05) is 0 Å². The maximum Gasteiger partial charge on any atom is 0.326 e. The number of amides is 2. The monoisotopic (exact) mass is 338 g/mol. The van der Waals surface area contributed by atoms with Crippen molar-refractivity contribution in [1.82, 2.24) is 10.2 Å². The van der Waals surface area contributed by atoms with Crippen molar-refractivity contribution < 1.29 is 24.2 Å². The van der Waals surface area contributed by atoms with Crippen LogP contribution in [0.25, 0.3) is 0 Å². The summed E-state index contributed by atoms with van der Waals surface area (Å²) in [6, 6.07) is -0.910. The minimum absolute atomic E-state index is 0.151.